The van der Waals surface area contributed by atoms with E-state index in [4.69, 9.17) is 14.2 Å². The molecule has 0 saturated heterocycles. The molecule has 0 aliphatic carbocycles. The number of hydrogen-bond acceptors (Lipinski definition) is 5. The first-order valence-electron chi connectivity index (χ1n) is 6.46. The Morgan fingerprint density at radius 2 is 2.15 bits per heavy atom. The molecule has 0 amide bonds. The summed E-state index contributed by atoms with van der Waals surface area (Å²) in [5.41, 5.74) is 2.06. The van der Waals surface area contributed by atoms with Crippen LogP contribution in [0.1, 0.15) is 11.1 Å². The van der Waals surface area contributed by atoms with Gasteiger partial charge in [-0.3, -0.25) is 0 Å². The molecule has 1 aromatic heterocycles. The molecule has 0 saturated carbocycles. The number of benzene rings is 1. The van der Waals surface area contributed by atoms with E-state index in [0.29, 0.717) is 12.5 Å². The third-order valence-electron chi connectivity index (χ3n) is 3.03. The van der Waals surface area contributed by atoms with Crippen LogP contribution in [0.25, 0.3) is 0 Å². The predicted octanol–water partition coefficient (Wildman–Crippen LogP) is 2.11. The molecule has 1 N–H and O–H groups in total. The van der Waals surface area contributed by atoms with Crippen LogP contribution in [0.3, 0.4) is 0 Å². The molecule has 1 aliphatic heterocycles. The van der Waals surface area contributed by atoms with E-state index >= 15 is 0 Å². The number of nitrogens with one attached hydrogen (secondary N) is 1. The third kappa shape index (κ3) is 2.67. The van der Waals surface area contributed by atoms with E-state index in [1.807, 2.05) is 37.4 Å². The lowest BCUT2D eigenvalue weighted by Gasteiger charge is -2.10. The fourth-order valence-electron chi connectivity index (χ4n) is 2.06. The molecule has 0 atom stereocenters. The minimum Gasteiger partial charge on any atom is -0.473 e. The van der Waals surface area contributed by atoms with Crippen molar-refractivity contribution < 1.29 is 14.2 Å². The van der Waals surface area contributed by atoms with Crippen LogP contribution in [0, 0.1) is 0 Å². The maximum absolute atomic E-state index is 5.79. The zero-order valence-corrected chi connectivity index (χ0v) is 11.3. The molecule has 1 aromatic carbocycles. The molecule has 104 valence electrons. The molecule has 2 aromatic rings. The topological polar surface area (TPSA) is 52.6 Å². The predicted molar refractivity (Wildman–Crippen MR) is 73.9 cm³/mol. The second kappa shape index (κ2) is 5.79. The number of pyridine rings is 1. The first-order valence-corrected chi connectivity index (χ1v) is 6.46. The molecule has 0 bridgehead atoms. The molecule has 2 heterocycles. The van der Waals surface area contributed by atoms with Crippen LogP contribution in [0.15, 0.2) is 36.5 Å². The summed E-state index contributed by atoms with van der Waals surface area (Å²) in [4.78, 5) is 4.27. The second-order valence-electron chi connectivity index (χ2n) is 4.47. The second-order valence-corrected chi connectivity index (χ2v) is 4.47. The Labute approximate surface area is 117 Å². The van der Waals surface area contributed by atoms with Gasteiger partial charge in [0.15, 0.2) is 11.5 Å². The van der Waals surface area contributed by atoms with Crippen LogP contribution in [0.4, 0.5) is 0 Å². The molecule has 0 unspecified atom stereocenters. The van der Waals surface area contributed by atoms with Crippen molar-refractivity contribution in [2.24, 2.45) is 0 Å². The summed E-state index contributed by atoms with van der Waals surface area (Å²) in [6, 6.07) is 9.70. The van der Waals surface area contributed by atoms with Crippen LogP contribution in [-0.2, 0) is 13.2 Å². The van der Waals surface area contributed by atoms with Gasteiger partial charge in [-0.05, 0) is 30.8 Å². The third-order valence-corrected chi connectivity index (χ3v) is 3.03. The van der Waals surface area contributed by atoms with Gasteiger partial charge in [0.2, 0.25) is 12.7 Å². The van der Waals surface area contributed by atoms with E-state index in [0.717, 1.165) is 29.2 Å². The lowest BCUT2D eigenvalue weighted by atomic mass is 10.2. The van der Waals surface area contributed by atoms with Gasteiger partial charge in [0, 0.05) is 18.3 Å². The number of ether oxygens (including phenoxy) is 3. The molecule has 5 heteroatoms. The number of nitrogens with zero attached hydrogens (tertiary/aromatic N) is 1. The largest absolute Gasteiger partial charge is 0.473 e. The fourth-order valence-corrected chi connectivity index (χ4v) is 2.06. The summed E-state index contributed by atoms with van der Waals surface area (Å²) in [6.45, 7) is 1.46. The quantitative estimate of drug-likeness (QED) is 0.903. The van der Waals surface area contributed by atoms with Crippen molar-refractivity contribution in [3.8, 4) is 17.4 Å². The number of fused-ring (bicyclic) bond motifs is 1. The fraction of sp³-hybridized carbons (Fsp3) is 0.267. The average Bonchev–Trinajstić information content (AvgIpc) is 2.94. The standard InChI is InChI=1S/C15H16N2O3/c1-16-8-12-3-2-6-17-15(12)18-9-11-4-5-13-14(7-11)20-10-19-13/h2-7,16H,8-10H2,1H3. The van der Waals surface area contributed by atoms with Crippen LogP contribution in [0.2, 0.25) is 0 Å². The van der Waals surface area contributed by atoms with Crippen molar-refractivity contribution >= 4 is 0 Å². The molecule has 0 radical (unpaired) electrons. The number of aromatic nitrogens is 1. The van der Waals surface area contributed by atoms with E-state index in [-0.39, 0.29) is 6.79 Å². The van der Waals surface area contributed by atoms with Gasteiger partial charge in [-0.1, -0.05) is 12.1 Å². The highest BCUT2D eigenvalue weighted by atomic mass is 16.7. The van der Waals surface area contributed by atoms with Crippen molar-refractivity contribution in [3.63, 3.8) is 0 Å². The molecule has 3 rings (SSSR count). The van der Waals surface area contributed by atoms with Gasteiger partial charge in [-0.15, -0.1) is 0 Å². The van der Waals surface area contributed by atoms with E-state index in [1.54, 1.807) is 6.20 Å². The first kappa shape index (κ1) is 12.7. The Hall–Kier alpha value is -2.27. The lowest BCUT2D eigenvalue weighted by Crippen LogP contribution is -2.08. The molecule has 20 heavy (non-hydrogen) atoms. The van der Waals surface area contributed by atoms with E-state index < -0.39 is 0 Å². The van der Waals surface area contributed by atoms with Crippen molar-refractivity contribution in [3.05, 3.63) is 47.7 Å². The van der Waals surface area contributed by atoms with Gasteiger partial charge in [0.05, 0.1) is 0 Å². The van der Waals surface area contributed by atoms with Crippen LogP contribution < -0.4 is 19.5 Å². The van der Waals surface area contributed by atoms with Gasteiger partial charge >= 0.3 is 0 Å². The maximum Gasteiger partial charge on any atom is 0.231 e. The van der Waals surface area contributed by atoms with Gasteiger partial charge in [-0.2, -0.15) is 0 Å². The monoisotopic (exact) mass is 272 g/mol. The number of hydrogen-bond donors (Lipinski definition) is 1. The van der Waals surface area contributed by atoms with Crippen LogP contribution in [0.5, 0.6) is 17.4 Å². The van der Waals surface area contributed by atoms with Gasteiger partial charge in [0.25, 0.3) is 0 Å². The summed E-state index contributed by atoms with van der Waals surface area (Å²) in [6.07, 6.45) is 1.73. The van der Waals surface area contributed by atoms with Gasteiger partial charge in [-0.25, -0.2) is 4.98 Å². The zero-order chi connectivity index (χ0) is 13.8. The Kier molecular flexibility index (Phi) is 3.69. The van der Waals surface area contributed by atoms with Crippen LogP contribution >= 0.6 is 0 Å². The highest BCUT2D eigenvalue weighted by Gasteiger charge is 2.13. The van der Waals surface area contributed by atoms with Crippen molar-refractivity contribution in [2.45, 2.75) is 13.2 Å². The smallest absolute Gasteiger partial charge is 0.231 e. The van der Waals surface area contributed by atoms with Crippen LogP contribution in [-0.4, -0.2) is 18.8 Å². The van der Waals surface area contributed by atoms with Crippen molar-refractivity contribution in [2.75, 3.05) is 13.8 Å². The average molecular weight is 272 g/mol. The lowest BCUT2D eigenvalue weighted by molar-refractivity contribution is 0.174. The summed E-state index contributed by atoms with van der Waals surface area (Å²) in [5, 5.41) is 3.10. The van der Waals surface area contributed by atoms with Gasteiger partial charge in [0.1, 0.15) is 6.61 Å². The molecule has 5 nitrogen and oxygen atoms in total. The minimum atomic E-state index is 0.284. The SMILES string of the molecule is CNCc1cccnc1OCc1ccc2c(c1)OCO2. The molecular weight excluding hydrogens is 256 g/mol. The molecule has 1 aliphatic rings. The summed E-state index contributed by atoms with van der Waals surface area (Å²) in [5.74, 6) is 2.20. The highest BCUT2D eigenvalue weighted by Crippen LogP contribution is 2.32. The Balaban J connectivity index is 1.70. The normalized spacial score (nSPS) is 12.4. The summed E-state index contributed by atoms with van der Waals surface area (Å²) < 4.78 is 16.4. The van der Waals surface area contributed by atoms with Crippen molar-refractivity contribution in [1.29, 1.82) is 0 Å². The Morgan fingerprint density at radius 3 is 3.05 bits per heavy atom. The van der Waals surface area contributed by atoms with E-state index in [1.165, 1.54) is 0 Å². The van der Waals surface area contributed by atoms with Crippen molar-refractivity contribution in [1.82, 2.24) is 10.3 Å². The Bertz CT molecular complexity index is 601. The van der Waals surface area contributed by atoms with Gasteiger partial charge < -0.3 is 19.5 Å². The molecule has 0 fully saturated rings. The maximum atomic E-state index is 5.79. The Morgan fingerprint density at radius 1 is 1.25 bits per heavy atom. The highest BCUT2D eigenvalue weighted by molar-refractivity contribution is 5.44. The molecular formula is C15H16N2O3. The minimum absolute atomic E-state index is 0.284. The summed E-state index contributed by atoms with van der Waals surface area (Å²) in [7, 11) is 1.90. The molecule has 0 spiro atoms. The first-order chi connectivity index (χ1) is 9.86. The van der Waals surface area contributed by atoms with E-state index in [2.05, 4.69) is 10.3 Å². The zero-order valence-electron chi connectivity index (χ0n) is 11.3. The summed E-state index contributed by atoms with van der Waals surface area (Å²) >= 11 is 0. The van der Waals surface area contributed by atoms with E-state index in [9.17, 15) is 0 Å². The number of rotatable bonds is 5.